The Bertz CT molecular complexity index is 356. The molecule has 0 fully saturated rings. The van der Waals surface area contributed by atoms with Gasteiger partial charge in [-0.3, -0.25) is 0 Å². The van der Waals surface area contributed by atoms with E-state index in [2.05, 4.69) is 0 Å². The quantitative estimate of drug-likeness (QED) is 0.775. The van der Waals surface area contributed by atoms with Gasteiger partial charge in [0.05, 0.1) is 6.04 Å². The Morgan fingerprint density at radius 1 is 1.33 bits per heavy atom. The standard InChI is InChI=1S/C14H20FNO2/c1-3-13(12-8-6-5-7-9-12)16(4-2)14(17)18-11-10-15/h5-9,13H,3-4,10-11H2,1-2H3. The third-order valence-corrected chi connectivity index (χ3v) is 2.83. The highest BCUT2D eigenvalue weighted by Crippen LogP contribution is 2.24. The number of halogens is 1. The van der Waals surface area contributed by atoms with E-state index < -0.39 is 12.8 Å². The molecule has 0 aromatic heterocycles. The van der Waals surface area contributed by atoms with Crippen molar-refractivity contribution < 1.29 is 13.9 Å². The van der Waals surface area contributed by atoms with E-state index in [0.717, 1.165) is 12.0 Å². The highest BCUT2D eigenvalue weighted by molar-refractivity contribution is 5.68. The number of hydrogen-bond acceptors (Lipinski definition) is 2. The predicted molar refractivity (Wildman–Crippen MR) is 69.2 cm³/mol. The van der Waals surface area contributed by atoms with Crippen LogP contribution < -0.4 is 0 Å². The van der Waals surface area contributed by atoms with Gasteiger partial charge in [0.2, 0.25) is 0 Å². The average molecular weight is 253 g/mol. The number of carbonyl (C=O) groups is 1. The summed E-state index contributed by atoms with van der Waals surface area (Å²) in [6, 6.07) is 9.77. The smallest absolute Gasteiger partial charge is 0.410 e. The van der Waals surface area contributed by atoms with E-state index in [0.29, 0.717) is 6.54 Å². The van der Waals surface area contributed by atoms with Gasteiger partial charge in [-0.2, -0.15) is 0 Å². The van der Waals surface area contributed by atoms with Crippen LogP contribution in [0, 0.1) is 0 Å². The van der Waals surface area contributed by atoms with Crippen LogP contribution in [-0.2, 0) is 4.74 Å². The van der Waals surface area contributed by atoms with E-state index in [9.17, 15) is 9.18 Å². The number of ether oxygens (including phenoxy) is 1. The van der Waals surface area contributed by atoms with Crippen LogP contribution in [0.1, 0.15) is 31.9 Å². The minimum atomic E-state index is -0.647. The maximum absolute atomic E-state index is 12.0. The van der Waals surface area contributed by atoms with Crippen molar-refractivity contribution in [2.24, 2.45) is 0 Å². The van der Waals surface area contributed by atoms with E-state index in [4.69, 9.17) is 4.74 Å². The number of nitrogens with zero attached hydrogens (tertiary/aromatic N) is 1. The van der Waals surface area contributed by atoms with Crippen molar-refractivity contribution in [2.75, 3.05) is 19.8 Å². The number of amides is 1. The molecule has 1 rings (SSSR count). The minimum absolute atomic E-state index is 0.0247. The second-order valence-electron chi connectivity index (χ2n) is 3.92. The van der Waals surface area contributed by atoms with Crippen LogP contribution in [-0.4, -0.2) is 30.8 Å². The lowest BCUT2D eigenvalue weighted by atomic mass is 10.0. The van der Waals surface area contributed by atoms with Crippen LogP contribution in [0.15, 0.2) is 30.3 Å². The minimum Gasteiger partial charge on any atom is -0.447 e. The number of hydrogen-bond donors (Lipinski definition) is 0. The van der Waals surface area contributed by atoms with Crippen LogP contribution in [0.4, 0.5) is 9.18 Å². The van der Waals surface area contributed by atoms with E-state index >= 15 is 0 Å². The maximum Gasteiger partial charge on any atom is 0.410 e. The summed E-state index contributed by atoms with van der Waals surface area (Å²) < 4.78 is 16.9. The van der Waals surface area contributed by atoms with Gasteiger partial charge in [-0.1, -0.05) is 37.3 Å². The van der Waals surface area contributed by atoms with Gasteiger partial charge in [0.25, 0.3) is 0 Å². The molecule has 1 atom stereocenters. The van der Waals surface area contributed by atoms with Crippen LogP contribution in [0.2, 0.25) is 0 Å². The van der Waals surface area contributed by atoms with Gasteiger partial charge in [-0.05, 0) is 18.9 Å². The first-order valence-corrected chi connectivity index (χ1v) is 6.28. The lowest BCUT2D eigenvalue weighted by Gasteiger charge is -2.29. The molecule has 0 bridgehead atoms. The van der Waals surface area contributed by atoms with Crippen molar-refractivity contribution in [2.45, 2.75) is 26.3 Å². The van der Waals surface area contributed by atoms with E-state index in [1.165, 1.54) is 0 Å². The molecule has 1 amide bonds. The fourth-order valence-corrected chi connectivity index (χ4v) is 2.00. The van der Waals surface area contributed by atoms with Crippen molar-refractivity contribution in [3.63, 3.8) is 0 Å². The molecule has 0 heterocycles. The average Bonchev–Trinajstić information content (AvgIpc) is 2.42. The lowest BCUT2D eigenvalue weighted by Crippen LogP contribution is -2.35. The lowest BCUT2D eigenvalue weighted by molar-refractivity contribution is 0.0819. The molecular formula is C14H20FNO2. The molecule has 4 heteroatoms. The fraction of sp³-hybridized carbons (Fsp3) is 0.500. The van der Waals surface area contributed by atoms with E-state index in [-0.39, 0.29) is 12.6 Å². The van der Waals surface area contributed by atoms with Crippen LogP contribution in [0.3, 0.4) is 0 Å². The molecule has 0 radical (unpaired) electrons. The molecule has 0 aliphatic carbocycles. The molecule has 0 N–H and O–H groups in total. The molecular weight excluding hydrogens is 233 g/mol. The summed E-state index contributed by atoms with van der Waals surface area (Å²) in [6.07, 6.45) is 0.341. The Kier molecular flexibility index (Phi) is 6.19. The summed E-state index contributed by atoms with van der Waals surface area (Å²) in [5, 5.41) is 0. The SMILES string of the molecule is CCC(c1ccccc1)N(CC)C(=O)OCCF. The van der Waals surface area contributed by atoms with Crippen molar-refractivity contribution in [1.82, 2.24) is 4.90 Å². The fourth-order valence-electron chi connectivity index (χ4n) is 2.00. The molecule has 1 unspecified atom stereocenters. The Morgan fingerprint density at radius 2 is 2.00 bits per heavy atom. The van der Waals surface area contributed by atoms with Gasteiger partial charge in [0.15, 0.2) is 0 Å². The third-order valence-electron chi connectivity index (χ3n) is 2.83. The Morgan fingerprint density at radius 3 is 2.50 bits per heavy atom. The topological polar surface area (TPSA) is 29.5 Å². The van der Waals surface area contributed by atoms with Crippen molar-refractivity contribution in [1.29, 1.82) is 0 Å². The summed E-state index contributed by atoms with van der Waals surface area (Å²) in [7, 11) is 0. The number of carbonyl (C=O) groups excluding carboxylic acids is 1. The molecule has 1 aromatic rings. The molecule has 1 aromatic carbocycles. The Labute approximate surface area is 108 Å². The second kappa shape index (κ2) is 7.69. The highest BCUT2D eigenvalue weighted by atomic mass is 19.1. The molecule has 0 spiro atoms. The van der Waals surface area contributed by atoms with Crippen LogP contribution in [0.5, 0.6) is 0 Å². The zero-order valence-corrected chi connectivity index (χ0v) is 10.9. The predicted octanol–water partition coefficient (Wildman–Crippen LogP) is 3.57. The molecule has 0 aliphatic rings. The first kappa shape index (κ1) is 14.5. The van der Waals surface area contributed by atoms with Crippen LogP contribution >= 0.6 is 0 Å². The highest BCUT2D eigenvalue weighted by Gasteiger charge is 2.23. The van der Waals surface area contributed by atoms with Gasteiger partial charge in [0, 0.05) is 6.54 Å². The monoisotopic (exact) mass is 253 g/mol. The normalized spacial score (nSPS) is 11.9. The van der Waals surface area contributed by atoms with Gasteiger partial charge in [0.1, 0.15) is 13.3 Å². The molecule has 0 saturated heterocycles. The molecule has 3 nitrogen and oxygen atoms in total. The number of rotatable bonds is 6. The Balaban J connectivity index is 2.81. The van der Waals surface area contributed by atoms with Gasteiger partial charge < -0.3 is 9.64 Å². The maximum atomic E-state index is 12.0. The summed E-state index contributed by atoms with van der Waals surface area (Å²) in [5.41, 5.74) is 1.07. The summed E-state index contributed by atoms with van der Waals surface area (Å²) in [4.78, 5) is 13.5. The zero-order valence-electron chi connectivity index (χ0n) is 10.9. The molecule has 100 valence electrons. The van der Waals surface area contributed by atoms with Crippen molar-refractivity contribution in [3.8, 4) is 0 Å². The zero-order chi connectivity index (χ0) is 13.4. The third kappa shape index (κ3) is 3.72. The van der Waals surface area contributed by atoms with Crippen molar-refractivity contribution in [3.05, 3.63) is 35.9 Å². The molecule has 0 saturated carbocycles. The summed E-state index contributed by atoms with van der Waals surface area (Å²) in [6.45, 7) is 3.62. The van der Waals surface area contributed by atoms with Gasteiger partial charge in [-0.15, -0.1) is 0 Å². The van der Waals surface area contributed by atoms with Gasteiger partial charge in [-0.25, -0.2) is 9.18 Å². The number of benzene rings is 1. The Hall–Kier alpha value is -1.58. The van der Waals surface area contributed by atoms with E-state index in [1.54, 1.807) is 4.90 Å². The van der Waals surface area contributed by atoms with Gasteiger partial charge >= 0.3 is 6.09 Å². The number of alkyl halides is 1. The van der Waals surface area contributed by atoms with Crippen LogP contribution in [0.25, 0.3) is 0 Å². The largest absolute Gasteiger partial charge is 0.447 e. The molecule has 18 heavy (non-hydrogen) atoms. The summed E-state index contributed by atoms with van der Waals surface area (Å²) in [5.74, 6) is 0. The second-order valence-corrected chi connectivity index (χ2v) is 3.92. The molecule has 0 aliphatic heterocycles. The van der Waals surface area contributed by atoms with E-state index in [1.807, 2.05) is 44.2 Å². The summed E-state index contributed by atoms with van der Waals surface area (Å²) >= 11 is 0. The first-order valence-electron chi connectivity index (χ1n) is 6.28. The first-order chi connectivity index (χ1) is 8.74. The van der Waals surface area contributed by atoms with Crippen molar-refractivity contribution >= 4 is 6.09 Å².